The van der Waals surface area contributed by atoms with Crippen LogP contribution in [0.2, 0.25) is 0 Å². The number of nitrogens with zero attached hydrogens (tertiary/aromatic N) is 1. The molecule has 0 saturated heterocycles. The van der Waals surface area contributed by atoms with Crippen molar-refractivity contribution in [3.8, 4) is 0 Å². The third-order valence-corrected chi connectivity index (χ3v) is 3.07. The van der Waals surface area contributed by atoms with E-state index in [-0.39, 0.29) is 5.54 Å². The van der Waals surface area contributed by atoms with Gasteiger partial charge in [0.05, 0.1) is 0 Å². The molecule has 0 aliphatic heterocycles. The largest absolute Gasteiger partial charge is 0.352 e. The number of hydrogen-bond donors (Lipinski definition) is 1. The second-order valence-electron chi connectivity index (χ2n) is 4.22. The van der Waals surface area contributed by atoms with E-state index in [2.05, 4.69) is 50.7 Å². The van der Waals surface area contributed by atoms with Gasteiger partial charge in [0.2, 0.25) is 0 Å². The van der Waals surface area contributed by atoms with Gasteiger partial charge in [-0.1, -0.05) is 0 Å². The molecule has 0 aliphatic carbocycles. The molecule has 0 bridgehead atoms. The van der Waals surface area contributed by atoms with Gasteiger partial charge in [0.1, 0.15) is 0 Å². The molecule has 0 radical (unpaired) electrons. The normalized spacial score (nSPS) is 12.2. The molecule has 1 aromatic heterocycles. The summed E-state index contributed by atoms with van der Waals surface area (Å²) >= 11 is 0. The number of aromatic nitrogens is 1. The third kappa shape index (κ3) is 1.63. The minimum Gasteiger partial charge on any atom is -0.352 e. The fourth-order valence-corrected chi connectivity index (χ4v) is 1.62. The number of rotatable bonds is 2. The Balaban J connectivity index is 3.23. The molecule has 1 aromatic rings. The van der Waals surface area contributed by atoms with E-state index in [0.717, 1.165) is 0 Å². The van der Waals surface area contributed by atoms with Crippen LogP contribution in [0.5, 0.6) is 0 Å². The van der Waals surface area contributed by atoms with Gasteiger partial charge in [0.25, 0.3) is 0 Å². The smallest absolute Gasteiger partial charge is 0.0392 e. The highest BCUT2D eigenvalue weighted by molar-refractivity contribution is 5.32. The summed E-state index contributed by atoms with van der Waals surface area (Å²) in [5.74, 6) is 0. The molecule has 2 heteroatoms. The average molecular weight is 180 g/mol. The first-order valence-electron chi connectivity index (χ1n) is 4.72. The molecule has 0 saturated carbocycles. The van der Waals surface area contributed by atoms with Crippen molar-refractivity contribution in [2.45, 2.75) is 33.2 Å². The van der Waals surface area contributed by atoms with Gasteiger partial charge in [0, 0.05) is 24.0 Å². The molecule has 13 heavy (non-hydrogen) atoms. The number of aryl methyl sites for hydroxylation is 1. The molecule has 0 aromatic carbocycles. The summed E-state index contributed by atoms with van der Waals surface area (Å²) in [5.41, 5.74) is 4.11. The van der Waals surface area contributed by atoms with Crippen LogP contribution in [-0.4, -0.2) is 11.6 Å². The summed E-state index contributed by atoms with van der Waals surface area (Å²) in [4.78, 5) is 0. The van der Waals surface area contributed by atoms with Crippen LogP contribution in [0.15, 0.2) is 6.07 Å². The average Bonchev–Trinajstić information content (AvgIpc) is 2.33. The van der Waals surface area contributed by atoms with Crippen molar-refractivity contribution in [3.63, 3.8) is 0 Å². The van der Waals surface area contributed by atoms with E-state index in [1.54, 1.807) is 0 Å². The molecular weight excluding hydrogens is 160 g/mol. The van der Waals surface area contributed by atoms with Crippen molar-refractivity contribution in [1.29, 1.82) is 0 Å². The van der Waals surface area contributed by atoms with Gasteiger partial charge in [-0.25, -0.2) is 0 Å². The molecule has 0 fully saturated rings. The summed E-state index contributed by atoms with van der Waals surface area (Å²) in [5, 5.41) is 3.33. The number of nitrogens with one attached hydrogen (secondary N) is 1. The highest BCUT2D eigenvalue weighted by Gasteiger charge is 2.22. The highest BCUT2D eigenvalue weighted by Crippen LogP contribution is 2.25. The van der Waals surface area contributed by atoms with Gasteiger partial charge in [-0.3, -0.25) is 0 Å². The molecule has 0 unspecified atom stereocenters. The summed E-state index contributed by atoms with van der Waals surface area (Å²) in [6, 6.07) is 2.26. The lowest BCUT2D eigenvalue weighted by Gasteiger charge is -2.24. The van der Waals surface area contributed by atoms with Crippen molar-refractivity contribution in [2.24, 2.45) is 7.05 Å². The van der Waals surface area contributed by atoms with Crippen LogP contribution in [-0.2, 0) is 12.6 Å². The molecule has 2 nitrogen and oxygen atoms in total. The number of hydrogen-bond acceptors (Lipinski definition) is 1. The summed E-state index contributed by atoms with van der Waals surface area (Å²) in [6.45, 7) is 8.72. The lowest BCUT2D eigenvalue weighted by Crippen LogP contribution is -2.33. The first-order chi connectivity index (χ1) is 5.90. The molecular formula is C11H20N2. The molecule has 1 N–H and O–H groups in total. The van der Waals surface area contributed by atoms with Crippen LogP contribution >= 0.6 is 0 Å². The first-order valence-corrected chi connectivity index (χ1v) is 4.72. The van der Waals surface area contributed by atoms with E-state index in [4.69, 9.17) is 0 Å². The van der Waals surface area contributed by atoms with Crippen LogP contribution in [0.25, 0.3) is 0 Å². The zero-order valence-electron chi connectivity index (χ0n) is 9.52. The van der Waals surface area contributed by atoms with Crippen LogP contribution in [0, 0.1) is 13.8 Å². The van der Waals surface area contributed by atoms with Crippen LogP contribution in [0.1, 0.15) is 30.8 Å². The van der Waals surface area contributed by atoms with Crippen molar-refractivity contribution in [1.82, 2.24) is 9.88 Å². The van der Waals surface area contributed by atoms with Crippen molar-refractivity contribution < 1.29 is 0 Å². The standard InChI is InChI=1S/C11H20N2/c1-8-7-10(9(2)13(8)6)11(3,4)12-5/h7,12H,1-6H3. The maximum absolute atomic E-state index is 3.33. The Morgan fingerprint density at radius 1 is 1.31 bits per heavy atom. The summed E-state index contributed by atoms with van der Waals surface area (Å²) in [7, 11) is 4.11. The molecule has 1 rings (SSSR count). The fraction of sp³-hybridized carbons (Fsp3) is 0.636. The van der Waals surface area contributed by atoms with E-state index >= 15 is 0 Å². The third-order valence-electron chi connectivity index (χ3n) is 3.07. The second kappa shape index (κ2) is 3.18. The first kappa shape index (κ1) is 10.3. The summed E-state index contributed by atoms with van der Waals surface area (Å²) in [6.07, 6.45) is 0. The van der Waals surface area contributed by atoms with Crippen LogP contribution in [0.4, 0.5) is 0 Å². The molecule has 74 valence electrons. The Labute approximate surface area is 81.0 Å². The molecule has 0 spiro atoms. The fourth-order valence-electron chi connectivity index (χ4n) is 1.62. The molecule has 0 aliphatic rings. The lowest BCUT2D eigenvalue weighted by atomic mass is 9.95. The van der Waals surface area contributed by atoms with Crippen molar-refractivity contribution in [2.75, 3.05) is 7.05 Å². The topological polar surface area (TPSA) is 17.0 Å². The molecule has 0 atom stereocenters. The monoisotopic (exact) mass is 180 g/mol. The van der Waals surface area contributed by atoms with Gasteiger partial charge in [0.15, 0.2) is 0 Å². The van der Waals surface area contributed by atoms with E-state index in [1.807, 2.05) is 7.05 Å². The summed E-state index contributed by atoms with van der Waals surface area (Å²) < 4.78 is 2.23. The Morgan fingerprint density at radius 3 is 2.15 bits per heavy atom. The van der Waals surface area contributed by atoms with Crippen LogP contribution < -0.4 is 5.32 Å². The van der Waals surface area contributed by atoms with E-state index in [1.165, 1.54) is 17.0 Å². The highest BCUT2D eigenvalue weighted by atomic mass is 15.0. The zero-order chi connectivity index (χ0) is 10.2. The predicted octanol–water partition coefficient (Wildman–Crippen LogP) is 2.10. The van der Waals surface area contributed by atoms with E-state index in [9.17, 15) is 0 Å². The Bertz CT molecular complexity index is 308. The van der Waals surface area contributed by atoms with E-state index in [0.29, 0.717) is 0 Å². The minimum atomic E-state index is 0.0656. The maximum Gasteiger partial charge on any atom is 0.0392 e. The minimum absolute atomic E-state index is 0.0656. The van der Waals surface area contributed by atoms with Gasteiger partial charge in [-0.15, -0.1) is 0 Å². The zero-order valence-corrected chi connectivity index (χ0v) is 9.52. The van der Waals surface area contributed by atoms with Crippen LogP contribution in [0.3, 0.4) is 0 Å². The lowest BCUT2D eigenvalue weighted by molar-refractivity contribution is 0.441. The Kier molecular flexibility index (Phi) is 2.53. The molecule has 1 heterocycles. The van der Waals surface area contributed by atoms with Gasteiger partial charge < -0.3 is 9.88 Å². The van der Waals surface area contributed by atoms with E-state index < -0.39 is 0 Å². The van der Waals surface area contributed by atoms with Gasteiger partial charge in [-0.05, 0) is 46.4 Å². The quantitative estimate of drug-likeness (QED) is 0.737. The predicted molar refractivity (Wildman–Crippen MR) is 57.0 cm³/mol. The Morgan fingerprint density at radius 2 is 1.85 bits per heavy atom. The van der Waals surface area contributed by atoms with Crippen molar-refractivity contribution >= 4 is 0 Å². The maximum atomic E-state index is 3.33. The van der Waals surface area contributed by atoms with Gasteiger partial charge >= 0.3 is 0 Å². The second-order valence-corrected chi connectivity index (χ2v) is 4.22. The van der Waals surface area contributed by atoms with Gasteiger partial charge in [-0.2, -0.15) is 0 Å². The van der Waals surface area contributed by atoms with Crippen molar-refractivity contribution in [3.05, 3.63) is 23.0 Å². The molecule has 0 amide bonds. The SMILES string of the molecule is CNC(C)(C)c1cc(C)n(C)c1C. The Hall–Kier alpha value is -0.760.